The van der Waals surface area contributed by atoms with Crippen LogP contribution in [-0.2, 0) is 4.79 Å². The van der Waals surface area contributed by atoms with Crippen molar-refractivity contribution in [3.8, 4) is 28.6 Å². The minimum Gasteiger partial charge on any atom is -0.493 e. The summed E-state index contributed by atoms with van der Waals surface area (Å²) in [6.45, 7) is 2.69. The fourth-order valence-corrected chi connectivity index (χ4v) is 3.82. The zero-order chi connectivity index (χ0) is 21.1. The van der Waals surface area contributed by atoms with E-state index in [0.717, 1.165) is 28.6 Å². The number of ether oxygens (including phenoxy) is 3. The molecule has 1 saturated heterocycles. The molecule has 7 nitrogen and oxygen atoms in total. The van der Waals surface area contributed by atoms with Gasteiger partial charge in [0.05, 0.1) is 30.8 Å². The number of fused-ring (bicyclic) bond motifs is 1. The van der Waals surface area contributed by atoms with E-state index in [1.54, 1.807) is 20.4 Å². The van der Waals surface area contributed by atoms with E-state index in [0.29, 0.717) is 30.3 Å². The zero-order valence-corrected chi connectivity index (χ0v) is 17.3. The monoisotopic (exact) mass is 407 g/mol. The molecule has 0 aliphatic carbocycles. The molecule has 0 unspecified atom stereocenters. The molecule has 0 bridgehead atoms. The highest BCUT2D eigenvalue weighted by molar-refractivity contribution is 5.87. The van der Waals surface area contributed by atoms with Crippen LogP contribution in [0.5, 0.6) is 17.4 Å². The molecule has 4 rings (SSSR count). The Balaban J connectivity index is 1.75. The fraction of sp³-hybridized carbons (Fsp3) is 0.348. The van der Waals surface area contributed by atoms with E-state index in [-0.39, 0.29) is 17.9 Å². The van der Waals surface area contributed by atoms with Crippen molar-refractivity contribution in [1.82, 2.24) is 15.3 Å². The van der Waals surface area contributed by atoms with Crippen LogP contribution in [-0.4, -0.2) is 42.7 Å². The van der Waals surface area contributed by atoms with Gasteiger partial charge in [0.25, 0.3) is 0 Å². The summed E-state index contributed by atoms with van der Waals surface area (Å²) in [5, 5.41) is 3.74. The average Bonchev–Trinajstić information content (AvgIpc) is 3.22. The summed E-state index contributed by atoms with van der Waals surface area (Å²) in [6, 6.07) is 11.4. The molecule has 1 amide bonds. The van der Waals surface area contributed by atoms with E-state index in [1.165, 1.54) is 0 Å². The highest BCUT2D eigenvalue weighted by Gasteiger charge is 2.30. The Morgan fingerprint density at radius 2 is 2.00 bits per heavy atom. The number of amides is 1. The lowest BCUT2D eigenvalue weighted by Gasteiger charge is -2.23. The predicted octanol–water partition coefficient (Wildman–Crippen LogP) is 3.61. The van der Waals surface area contributed by atoms with Crippen LogP contribution >= 0.6 is 0 Å². The van der Waals surface area contributed by atoms with Crippen molar-refractivity contribution in [2.24, 2.45) is 5.92 Å². The first kappa shape index (κ1) is 19.9. The molecule has 0 radical (unpaired) electrons. The number of methoxy groups -OCH3 is 2. The van der Waals surface area contributed by atoms with Crippen LogP contribution in [0.15, 0.2) is 42.6 Å². The van der Waals surface area contributed by atoms with Gasteiger partial charge in [-0.05, 0) is 42.8 Å². The van der Waals surface area contributed by atoms with Gasteiger partial charge in [-0.15, -0.1) is 0 Å². The molecule has 0 saturated carbocycles. The second-order valence-electron chi connectivity index (χ2n) is 7.29. The van der Waals surface area contributed by atoms with Crippen LogP contribution < -0.4 is 19.5 Å². The van der Waals surface area contributed by atoms with E-state index >= 15 is 0 Å². The highest BCUT2D eigenvalue weighted by Crippen LogP contribution is 2.35. The minimum atomic E-state index is -0.111. The Labute approximate surface area is 175 Å². The number of nitrogens with one attached hydrogen (secondary N) is 1. The first-order valence-electron chi connectivity index (χ1n) is 10.0. The third-order valence-corrected chi connectivity index (χ3v) is 5.44. The van der Waals surface area contributed by atoms with Crippen LogP contribution in [0.1, 0.15) is 19.8 Å². The summed E-state index contributed by atoms with van der Waals surface area (Å²) in [6.07, 6.45) is 2.90. The van der Waals surface area contributed by atoms with E-state index in [9.17, 15) is 4.79 Å². The minimum absolute atomic E-state index is 0.0700. The summed E-state index contributed by atoms with van der Waals surface area (Å²) in [7, 11) is 3.21. The largest absolute Gasteiger partial charge is 0.493 e. The average molecular weight is 407 g/mol. The quantitative estimate of drug-likeness (QED) is 0.644. The summed E-state index contributed by atoms with van der Waals surface area (Å²) < 4.78 is 17.1. The number of benzene rings is 1. The molecule has 156 valence electrons. The smallest absolute Gasteiger partial charge is 0.223 e. The predicted molar refractivity (Wildman–Crippen MR) is 114 cm³/mol. The zero-order valence-electron chi connectivity index (χ0n) is 17.3. The van der Waals surface area contributed by atoms with E-state index < -0.39 is 0 Å². The number of carbonyl (C=O) groups excluding carboxylic acids is 1. The van der Waals surface area contributed by atoms with Crippen molar-refractivity contribution in [3.05, 3.63) is 42.6 Å². The van der Waals surface area contributed by atoms with Crippen molar-refractivity contribution in [3.63, 3.8) is 0 Å². The van der Waals surface area contributed by atoms with Gasteiger partial charge in [0.2, 0.25) is 11.8 Å². The maximum atomic E-state index is 11.7. The highest BCUT2D eigenvalue weighted by atomic mass is 16.5. The third kappa shape index (κ3) is 3.87. The molecule has 1 aliphatic rings. The number of hydrogen-bond donors (Lipinski definition) is 1. The third-order valence-electron chi connectivity index (χ3n) is 5.44. The maximum Gasteiger partial charge on any atom is 0.223 e. The van der Waals surface area contributed by atoms with E-state index in [1.807, 2.05) is 36.4 Å². The summed E-state index contributed by atoms with van der Waals surface area (Å²) in [5.74, 6) is 2.00. The molecule has 2 atom stereocenters. The number of carbonyl (C=O) groups is 1. The van der Waals surface area contributed by atoms with Crippen molar-refractivity contribution >= 4 is 16.8 Å². The number of pyridine rings is 2. The van der Waals surface area contributed by atoms with Crippen LogP contribution in [0.2, 0.25) is 0 Å². The van der Waals surface area contributed by atoms with E-state index in [4.69, 9.17) is 19.2 Å². The van der Waals surface area contributed by atoms with Gasteiger partial charge >= 0.3 is 0 Å². The van der Waals surface area contributed by atoms with E-state index in [2.05, 4.69) is 17.2 Å². The van der Waals surface area contributed by atoms with Crippen molar-refractivity contribution in [2.45, 2.75) is 25.9 Å². The normalized spacial score (nSPS) is 16.9. The Kier molecular flexibility index (Phi) is 5.70. The topological polar surface area (TPSA) is 82.6 Å². The Bertz CT molecular complexity index is 1070. The molecule has 3 heterocycles. The first-order chi connectivity index (χ1) is 14.6. The first-order valence-corrected chi connectivity index (χ1v) is 10.0. The van der Waals surface area contributed by atoms with Gasteiger partial charge in [0.15, 0.2) is 11.5 Å². The van der Waals surface area contributed by atoms with Crippen LogP contribution in [0.25, 0.3) is 22.2 Å². The molecule has 1 fully saturated rings. The molecule has 2 aromatic heterocycles. The lowest BCUT2D eigenvalue weighted by Crippen LogP contribution is -2.28. The lowest BCUT2D eigenvalue weighted by molar-refractivity contribution is -0.119. The van der Waals surface area contributed by atoms with Crippen molar-refractivity contribution in [1.29, 1.82) is 0 Å². The number of hydrogen-bond acceptors (Lipinski definition) is 6. The number of nitrogens with zero attached hydrogens (tertiary/aromatic N) is 2. The van der Waals surface area contributed by atoms with Crippen LogP contribution in [0.3, 0.4) is 0 Å². The summed E-state index contributed by atoms with van der Waals surface area (Å²) in [5.41, 5.74) is 2.39. The lowest BCUT2D eigenvalue weighted by atomic mass is 9.99. The maximum absolute atomic E-state index is 11.7. The molecular weight excluding hydrogens is 382 g/mol. The van der Waals surface area contributed by atoms with Gasteiger partial charge < -0.3 is 19.5 Å². The summed E-state index contributed by atoms with van der Waals surface area (Å²) >= 11 is 0. The SMILES string of the molecule is CC[C@@H](Oc1nc(-c2ccc(OC)c(OC)c2)cc2ncccc12)[C@H]1CNC(=O)C1. The molecule has 7 heteroatoms. The van der Waals surface area contributed by atoms with Gasteiger partial charge in [-0.25, -0.2) is 4.98 Å². The second-order valence-corrected chi connectivity index (χ2v) is 7.29. The standard InChI is InChI=1S/C23H25N3O4/c1-4-19(15-11-22(27)25-13-15)30-23-16-6-5-9-24-18(16)12-17(26-23)14-7-8-20(28-2)21(10-14)29-3/h5-10,12,15,19H,4,11,13H2,1-3H3,(H,25,27)/t15-,19-/m1/s1. The molecule has 3 aromatic rings. The van der Waals surface area contributed by atoms with Crippen LogP contribution in [0, 0.1) is 5.92 Å². The molecular formula is C23H25N3O4. The van der Waals surface area contributed by atoms with Crippen LogP contribution in [0.4, 0.5) is 0 Å². The number of rotatable bonds is 7. The Morgan fingerprint density at radius 3 is 2.70 bits per heavy atom. The Morgan fingerprint density at radius 1 is 1.17 bits per heavy atom. The Hall–Kier alpha value is -3.35. The molecule has 1 aliphatic heterocycles. The molecule has 1 aromatic carbocycles. The summed E-state index contributed by atoms with van der Waals surface area (Å²) in [4.78, 5) is 21.0. The molecule has 30 heavy (non-hydrogen) atoms. The molecule has 0 spiro atoms. The van der Waals surface area contributed by atoms with Crippen molar-refractivity contribution in [2.75, 3.05) is 20.8 Å². The van der Waals surface area contributed by atoms with Gasteiger partial charge in [-0.1, -0.05) is 6.92 Å². The van der Waals surface area contributed by atoms with Gasteiger partial charge in [0, 0.05) is 30.6 Å². The molecule has 1 N–H and O–H groups in total. The van der Waals surface area contributed by atoms with Gasteiger partial charge in [-0.3, -0.25) is 9.78 Å². The fourth-order valence-electron chi connectivity index (χ4n) is 3.82. The second kappa shape index (κ2) is 8.57. The van der Waals surface area contributed by atoms with Gasteiger partial charge in [0.1, 0.15) is 6.10 Å². The van der Waals surface area contributed by atoms with Crippen molar-refractivity contribution < 1.29 is 19.0 Å². The number of aromatic nitrogens is 2. The van der Waals surface area contributed by atoms with Gasteiger partial charge in [-0.2, -0.15) is 0 Å².